The minimum atomic E-state index is -0.124. The zero-order chi connectivity index (χ0) is 11.5. The van der Waals surface area contributed by atoms with Crippen LogP contribution in [0.2, 0.25) is 0 Å². The number of urea groups is 1. The summed E-state index contributed by atoms with van der Waals surface area (Å²) in [4.78, 5) is 17.1. The van der Waals surface area contributed by atoms with Crippen molar-refractivity contribution in [3.05, 3.63) is 10.6 Å². The third kappa shape index (κ3) is 2.72. The van der Waals surface area contributed by atoms with Crippen molar-refractivity contribution in [2.24, 2.45) is 0 Å². The average Bonchev–Trinajstić information content (AvgIpc) is 2.78. The molecule has 4 nitrogen and oxygen atoms in total. The van der Waals surface area contributed by atoms with Crippen LogP contribution in [0.4, 0.5) is 9.93 Å². The summed E-state index contributed by atoms with van der Waals surface area (Å²) in [6, 6.07) is 0.225. The zero-order valence-corrected chi connectivity index (χ0v) is 10.5. The lowest BCUT2D eigenvalue weighted by molar-refractivity contribution is 0.248. The van der Waals surface area contributed by atoms with Gasteiger partial charge in [-0.05, 0) is 26.7 Å². The second-order valence-electron chi connectivity index (χ2n) is 4.24. The van der Waals surface area contributed by atoms with Crippen LogP contribution in [0.1, 0.15) is 36.3 Å². The average molecular weight is 239 g/mol. The van der Waals surface area contributed by atoms with E-state index < -0.39 is 0 Å². The SMILES string of the molecule is Cc1nc(NC(=O)NC2CCCC2)sc1C. The molecule has 2 rings (SSSR count). The molecule has 2 N–H and O–H groups in total. The molecule has 1 fully saturated rings. The first-order valence-corrected chi connectivity index (χ1v) is 6.48. The first-order chi connectivity index (χ1) is 7.65. The predicted molar refractivity (Wildman–Crippen MR) is 66.0 cm³/mol. The van der Waals surface area contributed by atoms with E-state index in [0.29, 0.717) is 11.2 Å². The maximum absolute atomic E-state index is 11.6. The number of nitrogens with one attached hydrogen (secondary N) is 2. The minimum absolute atomic E-state index is 0.124. The van der Waals surface area contributed by atoms with Crippen molar-refractivity contribution in [2.45, 2.75) is 45.6 Å². The van der Waals surface area contributed by atoms with Crippen LogP contribution in [0.3, 0.4) is 0 Å². The van der Waals surface area contributed by atoms with Crippen LogP contribution in [0.15, 0.2) is 0 Å². The lowest BCUT2D eigenvalue weighted by Crippen LogP contribution is -2.36. The van der Waals surface area contributed by atoms with Gasteiger partial charge < -0.3 is 5.32 Å². The van der Waals surface area contributed by atoms with Crippen LogP contribution in [0.5, 0.6) is 0 Å². The fraction of sp³-hybridized carbons (Fsp3) is 0.636. The number of aromatic nitrogens is 1. The molecular weight excluding hydrogens is 222 g/mol. The van der Waals surface area contributed by atoms with E-state index in [2.05, 4.69) is 15.6 Å². The molecule has 0 unspecified atom stereocenters. The molecule has 1 aromatic heterocycles. The van der Waals surface area contributed by atoms with Gasteiger partial charge in [0.2, 0.25) is 0 Å². The summed E-state index contributed by atoms with van der Waals surface area (Å²) in [6.45, 7) is 3.96. The number of hydrogen-bond acceptors (Lipinski definition) is 3. The molecule has 0 atom stereocenters. The van der Waals surface area contributed by atoms with Gasteiger partial charge in [-0.25, -0.2) is 9.78 Å². The molecule has 0 aliphatic heterocycles. The predicted octanol–water partition coefficient (Wildman–Crippen LogP) is 2.82. The van der Waals surface area contributed by atoms with E-state index in [4.69, 9.17) is 0 Å². The molecule has 1 saturated carbocycles. The van der Waals surface area contributed by atoms with Crippen LogP contribution >= 0.6 is 11.3 Å². The summed E-state index contributed by atoms with van der Waals surface area (Å²) < 4.78 is 0. The molecule has 88 valence electrons. The molecule has 0 aromatic carbocycles. The largest absolute Gasteiger partial charge is 0.335 e. The molecule has 16 heavy (non-hydrogen) atoms. The molecule has 0 spiro atoms. The number of rotatable bonds is 2. The van der Waals surface area contributed by atoms with Gasteiger partial charge >= 0.3 is 6.03 Å². The van der Waals surface area contributed by atoms with Crippen molar-refractivity contribution >= 4 is 22.5 Å². The van der Waals surface area contributed by atoms with Crippen LogP contribution < -0.4 is 10.6 Å². The Bertz CT molecular complexity index is 363. The maximum Gasteiger partial charge on any atom is 0.321 e. The number of hydrogen-bond donors (Lipinski definition) is 2. The van der Waals surface area contributed by atoms with Crippen molar-refractivity contribution in [3.63, 3.8) is 0 Å². The Morgan fingerprint density at radius 1 is 1.38 bits per heavy atom. The van der Waals surface area contributed by atoms with Crippen molar-refractivity contribution in [3.8, 4) is 0 Å². The Kier molecular flexibility index (Phi) is 3.43. The fourth-order valence-corrected chi connectivity index (χ4v) is 2.72. The third-order valence-electron chi connectivity index (χ3n) is 2.94. The minimum Gasteiger partial charge on any atom is -0.335 e. The van der Waals surface area contributed by atoms with E-state index in [9.17, 15) is 4.79 Å². The summed E-state index contributed by atoms with van der Waals surface area (Å²) in [5, 5.41) is 6.45. The topological polar surface area (TPSA) is 54.0 Å². The highest BCUT2D eigenvalue weighted by molar-refractivity contribution is 7.15. The van der Waals surface area contributed by atoms with Gasteiger partial charge in [0.15, 0.2) is 5.13 Å². The Morgan fingerprint density at radius 3 is 2.62 bits per heavy atom. The van der Waals surface area contributed by atoms with Gasteiger partial charge in [-0.3, -0.25) is 5.32 Å². The van der Waals surface area contributed by atoms with Gasteiger partial charge in [0.25, 0.3) is 0 Å². The van der Waals surface area contributed by atoms with Crippen molar-refractivity contribution in [1.82, 2.24) is 10.3 Å². The molecular formula is C11H17N3OS. The van der Waals surface area contributed by atoms with Gasteiger partial charge in [-0.15, -0.1) is 11.3 Å². The quantitative estimate of drug-likeness (QED) is 0.833. The van der Waals surface area contributed by atoms with Crippen LogP contribution in [-0.2, 0) is 0 Å². The summed E-state index contributed by atoms with van der Waals surface area (Å²) in [7, 11) is 0. The standard InChI is InChI=1S/C11H17N3OS/c1-7-8(2)16-11(12-7)14-10(15)13-9-5-3-4-6-9/h9H,3-6H2,1-2H3,(H2,12,13,14,15). The van der Waals surface area contributed by atoms with Gasteiger partial charge in [-0.2, -0.15) is 0 Å². The second-order valence-corrected chi connectivity index (χ2v) is 5.44. The highest BCUT2D eigenvalue weighted by Crippen LogP contribution is 2.21. The van der Waals surface area contributed by atoms with Crippen molar-refractivity contribution in [2.75, 3.05) is 5.32 Å². The Morgan fingerprint density at radius 2 is 2.06 bits per heavy atom. The summed E-state index contributed by atoms with van der Waals surface area (Å²) in [6.07, 6.45) is 4.65. The number of thiazole rings is 1. The molecule has 1 aromatic rings. The normalized spacial score (nSPS) is 16.4. The van der Waals surface area contributed by atoms with E-state index in [1.807, 2.05) is 13.8 Å². The van der Waals surface area contributed by atoms with E-state index in [0.717, 1.165) is 23.4 Å². The zero-order valence-electron chi connectivity index (χ0n) is 9.67. The molecule has 1 aliphatic rings. The van der Waals surface area contributed by atoms with Crippen LogP contribution in [-0.4, -0.2) is 17.1 Å². The number of carbonyl (C=O) groups is 1. The molecule has 1 heterocycles. The number of anilines is 1. The molecule has 1 aliphatic carbocycles. The summed E-state index contributed by atoms with van der Waals surface area (Å²) in [5.41, 5.74) is 0.987. The number of carbonyl (C=O) groups excluding carboxylic acids is 1. The van der Waals surface area contributed by atoms with Gasteiger partial charge in [0.1, 0.15) is 0 Å². The maximum atomic E-state index is 11.6. The highest BCUT2D eigenvalue weighted by atomic mass is 32.1. The van der Waals surface area contributed by atoms with E-state index in [1.54, 1.807) is 0 Å². The van der Waals surface area contributed by atoms with E-state index in [1.165, 1.54) is 24.2 Å². The number of nitrogens with zero attached hydrogens (tertiary/aromatic N) is 1. The second kappa shape index (κ2) is 4.82. The molecule has 2 amide bonds. The first-order valence-electron chi connectivity index (χ1n) is 5.66. The monoisotopic (exact) mass is 239 g/mol. The lowest BCUT2D eigenvalue weighted by Gasteiger charge is -2.11. The van der Waals surface area contributed by atoms with Crippen LogP contribution in [0.25, 0.3) is 0 Å². The molecule has 0 bridgehead atoms. The van der Waals surface area contributed by atoms with Gasteiger partial charge in [0.05, 0.1) is 5.69 Å². The Labute approximate surface area is 99.5 Å². The van der Waals surface area contributed by atoms with Gasteiger partial charge in [-0.1, -0.05) is 12.8 Å². The van der Waals surface area contributed by atoms with E-state index >= 15 is 0 Å². The number of amides is 2. The van der Waals surface area contributed by atoms with Crippen molar-refractivity contribution in [1.29, 1.82) is 0 Å². The molecule has 0 saturated heterocycles. The third-order valence-corrected chi connectivity index (χ3v) is 3.93. The summed E-state index contributed by atoms with van der Waals surface area (Å²) >= 11 is 1.52. The van der Waals surface area contributed by atoms with Crippen molar-refractivity contribution < 1.29 is 4.79 Å². The molecule has 5 heteroatoms. The Balaban J connectivity index is 1.86. The lowest BCUT2D eigenvalue weighted by atomic mass is 10.3. The number of aryl methyl sites for hydroxylation is 2. The van der Waals surface area contributed by atoms with Gasteiger partial charge in [0, 0.05) is 10.9 Å². The summed E-state index contributed by atoms with van der Waals surface area (Å²) in [5.74, 6) is 0. The first kappa shape index (κ1) is 11.4. The smallest absolute Gasteiger partial charge is 0.321 e. The highest BCUT2D eigenvalue weighted by Gasteiger charge is 2.17. The Hall–Kier alpha value is -1.10. The fourth-order valence-electron chi connectivity index (χ4n) is 1.91. The molecule has 0 radical (unpaired) electrons. The van der Waals surface area contributed by atoms with Crippen LogP contribution in [0, 0.1) is 13.8 Å². The van der Waals surface area contributed by atoms with E-state index in [-0.39, 0.29) is 6.03 Å².